The number of hydrogen-bond acceptors (Lipinski definition) is 3. The summed E-state index contributed by atoms with van der Waals surface area (Å²) in [5.74, 6) is 0.546. The van der Waals surface area contributed by atoms with Gasteiger partial charge in [-0.1, -0.05) is 28.9 Å². The summed E-state index contributed by atoms with van der Waals surface area (Å²) < 4.78 is 0.949. The van der Waals surface area contributed by atoms with Crippen molar-refractivity contribution < 1.29 is 4.79 Å². The summed E-state index contributed by atoms with van der Waals surface area (Å²) >= 11 is 3.42. The Kier molecular flexibility index (Phi) is 3.76. The van der Waals surface area contributed by atoms with Crippen molar-refractivity contribution in [2.45, 2.75) is 20.3 Å². The van der Waals surface area contributed by atoms with Gasteiger partial charge in [-0.05, 0) is 24.6 Å². The Labute approximate surface area is 113 Å². The van der Waals surface area contributed by atoms with Crippen molar-refractivity contribution in [1.82, 2.24) is 15.2 Å². The van der Waals surface area contributed by atoms with Gasteiger partial charge in [-0.25, -0.2) is 4.98 Å². The van der Waals surface area contributed by atoms with Gasteiger partial charge in [0.1, 0.15) is 5.82 Å². The van der Waals surface area contributed by atoms with E-state index < -0.39 is 0 Å². The molecule has 6 heteroatoms. The van der Waals surface area contributed by atoms with E-state index in [0.29, 0.717) is 5.82 Å². The molecule has 0 spiro atoms. The van der Waals surface area contributed by atoms with E-state index in [-0.39, 0.29) is 11.7 Å². The van der Waals surface area contributed by atoms with Crippen molar-refractivity contribution in [3.8, 4) is 0 Å². The lowest BCUT2D eigenvalue weighted by atomic mass is 10.2. The maximum Gasteiger partial charge on any atom is 0.295 e. The lowest BCUT2D eigenvalue weighted by molar-refractivity contribution is 0.101. The molecule has 2 rings (SSSR count). The number of aryl methyl sites for hydroxylation is 1. The minimum atomic E-state index is -0.313. The van der Waals surface area contributed by atoms with Gasteiger partial charge in [0, 0.05) is 16.6 Å². The Morgan fingerprint density at radius 2 is 2.28 bits per heavy atom. The molecule has 1 aromatic heterocycles. The van der Waals surface area contributed by atoms with Crippen LogP contribution in [-0.2, 0) is 6.42 Å². The van der Waals surface area contributed by atoms with Crippen molar-refractivity contribution in [2.24, 2.45) is 0 Å². The lowest BCUT2D eigenvalue weighted by Crippen LogP contribution is -2.14. The summed E-state index contributed by atoms with van der Waals surface area (Å²) in [5.41, 5.74) is 1.72. The number of amides is 1. The lowest BCUT2D eigenvalue weighted by Gasteiger charge is -2.07. The van der Waals surface area contributed by atoms with Crippen molar-refractivity contribution in [1.29, 1.82) is 0 Å². The number of anilines is 1. The molecule has 0 unspecified atom stereocenters. The van der Waals surface area contributed by atoms with Gasteiger partial charge in [0.25, 0.3) is 5.91 Å². The molecule has 0 saturated heterocycles. The van der Waals surface area contributed by atoms with Gasteiger partial charge >= 0.3 is 0 Å². The number of nitrogens with one attached hydrogen (secondary N) is 2. The fourth-order valence-corrected chi connectivity index (χ4v) is 1.84. The number of carbonyl (C=O) groups excluding carboxylic acids is 1. The number of aromatic nitrogens is 3. The Bertz CT molecular complexity index is 579. The predicted molar refractivity (Wildman–Crippen MR) is 72.6 cm³/mol. The first-order chi connectivity index (χ1) is 8.61. The van der Waals surface area contributed by atoms with Gasteiger partial charge < -0.3 is 5.32 Å². The summed E-state index contributed by atoms with van der Waals surface area (Å²) in [4.78, 5) is 16.0. The largest absolute Gasteiger partial charge is 0.319 e. The number of nitrogens with zero attached hydrogens (tertiary/aromatic N) is 2. The molecule has 0 aliphatic heterocycles. The van der Waals surface area contributed by atoms with E-state index in [0.717, 1.165) is 22.1 Å². The number of H-pyrrole nitrogens is 1. The van der Waals surface area contributed by atoms with E-state index in [1.807, 2.05) is 32.0 Å². The van der Waals surface area contributed by atoms with Crippen LogP contribution in [0.5, 0.6) is 0 Å². The molecule has 0 fully saturated rings. The monoisotopic (exact) mass is 308 g/mol. The first kappa shape index (κ1) is 12.8. The molecule has 94 valence electrons. The summed E-state index contributed by atoms with van der Waals surface area (Å²) in [6, 6.07) is 5.63. The Balaban J connectivity index is 2.18. The van der Waals surface area contributed by atoms with E-state index in [9.17, 15) is 4.79 Å². The molecule has 0 aliphatic rings. The highest BCUT2D eigenvalue weighted by Gasteiger charge is 2.13. The quantitative estimate of drug-likeness (QED) is 0.916. The van der Waals surface area contributed by atoms with Crippen LogP contribution in [0.3, 0.4) is 0 Å². The zero-order valence-electron chi connectivity index (χ0n) is 10.1. The predicted octanol–water partition coefficient (Wildman–Crippen LogP) is 2.69. The second kappa shape index (κ2) is 5.30. The molecule has 0 atom stereocenters. The Hall–Kier alpha value is -1.69. The second-order valence-electron chi connectivity index (χ2n) is 3.83. The minimum absolute atomic E-state index is 0.159. The smallest absolute Gasteiger partial charge is 0.295 e. The van der Waals surface area contributed by atoms with Gasteiger partial charge in [-0.2, -0.15) is 0 Å². The molecule has 2 aromatic rings. The fraction of sp³-hybridized carbons (Fsp3) is 0.250. The first-order valence-corrected chi connectivity index (χ1v) is 6.39. The van der Waals surface area contributed by atoms with Crippen molar-refractivity contribution in [2.75, 3.05) is 5.32 Å². The molecule has 0 aliphatic carbocycles. The van der Waals surface area contributed by atoms with Crippen LogP contribution < -0.4 is 5.32 Å². The molecule has 1 heterocycles. The summed E-state index contributed by atoms with van der Waals surface area (Å²) in [5, 5.41) is 9.38. The average molecular weight is 309 g/mol. The summed E-state index contributed by atoms with van der Waals surface area (Å²) in [6.45, 7) is 3.87. The molecule has 0 radical (unpaired) electrons. The molecule has 5 nitrogen and oxygen atoms in total. The van der Waals surface area contributed by atoms with Crippen molar-refractivity contribution >= 4 is 27.5 Å². The number of carbonyl (C=O) groups is 1. The molecule has 1 aromatic carbocycles. The molecular formula is C12H13BrN4O. The minimum Gasteiger partial charge on any atom is -0.319 e. The number of benzene rings is 1. The third-order valence-electron chi connectivity index (χ3n) is 2.59. The third-order valence-corrected chi connectivity index (χ3v) is 3.44. The van der Waals surface area contributed by atoms with E-state index in [4.69, 9.17) is 0 Å². The van der Waals surface area contributed by atoms with Crippen LogP contribution in [0.2, 0.25) is 0 Å². The van der Waals surface area contributed by atoms with E-state index >= 15 is 0 Å². The Morgan fingerprint density at radius 3 is 2.94 bits per heavy atom. The van der Waals surface area contributed by atoms with Gasteiger partial charge in [-0.15, -0.1) is 5.10 Å². The van der Waals surface area contributed by atoms with Crippen LogP contribution in [-0.4, -0.2) is 21.1 Å². The molecule has 0 bridgehead atoms. The van der Waals surface area contributed by atoms with Gasteiger partial charge in [0.05, 0.1) is 0 Å². The Morgan fingerprint density at radius 1 is 1.50 bits per heavy atom. The molecule has 2 N–H and O–H groups in total. The van der Waals surface area contributed by atoms with E-state index in [2.05, 4.69) is 36.4 Å². The van der Waals surface area contributed by atoms with E-state index in [1.165, 1.54) is 0 Å². The average Bonchev–Trinajstić information content (AvgIpc) is 2.83. The van der Waals surface area contributed by atoms with Crippen LogP contribution in [0, 0.1) is 6.92 Å². The third kappa shape index (κ3) is 2.59. The van der Waals surface area contributed by atoms with Crippen LogP contribution in [0.4, 0.5) is 5.69 Å². The molecule has 18 heavy (non-hydrogen) atoms. The van der Waals surface area contributed by atoms with Crippen LogP contribution >= 0.6 is 15.9 Å². The summed E-state index contributed by atoms with van der Waals surface area (Å²) in [7, 11) is 0. The highest BCUT2D eigenvalue weighted by Crippen LogP contribution is 2.23. The molecular weight excluding hydrogens is 296 g/mol. The van der Waals surface area contributed by atoms with Crippen molar-refractivity contribution in [3.05, 3.63) is 39.9 Å². The normalized spacial score (nSPS) is 10.4. The maximum absolute atomic E-state index is 11.9. The maximum atomic E-state index is 11.9. The zero-order valence-corrected chi connectivity index (χ0v) is 11.7. The molecule has 0 saturated carbocycles. The molecule has 1 amide bonds. The highest BCUT2D eigenvalue weighted by molar-refractivity contribution is 9.10. The van der Waals surface area contributed by atoms with E-state index in [1.54, 1.807) is 0 Å². The first-order valence-electron chi connectivity index (χ1n) is 5.59. The van der Waals surface area contributed by atoms with Crippen LogP contribution in [0.1, 0.15) is 28.9 Å². The SMILES string of the molecule is CCc1nc(C(=O)Nc2cccc(Br)c2C)n[nH]1. The van der Waals surface area contributed by atoms with Crippen LogP contribution in [0.25, 0.3) is 0 Å². The standard InChI is InChI=1S/C12H13BrN4O/c1-3-10-15-11(17-16-10)12(18)14-9-6-4-5-8(13)7(9)2/h4-6H,3H2,1-2H3,(H,14,18)(H,15,16,17). The topological polar surface area (TPSA) is 70.7 Å². The zero-order chi connectivity index (χ0) is 13.1. The van der Waals surface area contributed by atoms with Gasteiger partial charge in [0.2, 0.25) is 5.82 Å². The second-order valence-corrected chi connectivity index (χ2v) is 4.68. The highest BCUT2D eigenvalue weighted by atomic mass is 79.9. The number of halogens is 1. The van der Waals surface area contributed by atoms with Gasteiger partial charge in [0.15, 0.2) is 0 Å². The van der Waals surface area contributed by atoms with Crippen LogP contribution in [0.15, 0.2) is 22.7 Å². The summed E-state index contributed by atoms with van der Waals surface area (Å²) in [6.07, 6.45) is 0.718. The fourth-order valence-electron chi connectivity index (χ4n) is 1.48. The number of rotatable bonds is 3. The van der Waals surface area contributed by atoms with Crippen molar-refractivity contribution in [3.63, 3.8) is 0 Å². The van der Waals surface area contributed by atoms with Gasteiger partial charge in [-0.3, -0.25) is 9.89 Å². The number of aromatic amines is 1. The number of hydrogen-bond donors (Lipinski definition) is 2.